The minimum Gasteiger partial charge on any atom is -0.492 e. The molecule has 0 N–H and O–H groups in total. The average molecular weight is 321 g/mol. The molecule has 4 nitrogen and oxygen atoms in total. The Hall–Kier alpha value is -2.63. The number of benzene rings is 2. The molecule has 6 heteroatoms. The van der Waals surface area contributed by atoms with E-state index < -0.39 is 6.61 Å². The number of para-hydroxylation sites is 1. The van der Waals surface area contributed by atoms with Crippen molar-refractivity contribution in [2.24, 2.45) is 0 Å². The molecule has 1 amide bonds. The van der Waals surface area contributed by atoms with Crippen LogP contribution >= 0.6 is 0 Å². The van der Waals surface area contributed by atoms with E-state index in [0.29, 0.717) is 13.2 Å². The lowest BCUT2D eigenvalue weighted by molar-refractivity contribution is -0.0499. The fraction of sp³-hybridized carbons (Fsp3) is 0.235. The summed E-state index contributed by atoms with van der Waals surface area (Å²) < 4.78 is 34.2. The molecule has 0 bridgehead atoms. The van der Waals surface area contributed by atoms with E-state index in [9.17, 15) is 13.6 Å². The van der Waals surface area contributed by atoms with Crippen LogP contribution < -0.4 is 9.47 Å². The predicted molar refractivity (Wildman–Crippen MR) is 82.0 cm³/mol. The number of halogens is 2. The van der Waals surface area contributed by atoms with Crippen LogP contribution in [0, 0.1) is 0 Å². The molecule has 2 aromatic rings. The number of hydrogen-bond acceptors (Lipinski definition) is 3. The summed E-state index contributed by atoms with van der Waals surface area (Å²) in [5.74, 6) is 0.391. The number of carbonyl (C=O) groups is 1. The molecule has 2 aromatic carbocycles. The Morgan fingerprint density at radius 3 is 2.48 bits per heavy atom. The third-order valence-electron chi connectivity index (χ3n) is 3.09. The van der Waals surface area contributed by atoms with Crippen molar-refractivity contribution < 1.29 is 23.0 Å². The van der Waals surface area contributed by atoms with Gasteiger partial charge in [0.05, 0.1) is 6.54 Å². The first-order valence-electron chi connectivity index (χ1n) is 7.04. The Labute approximate surface area is 133 Å². The highest BCUT2D eigenvalue weighted by molar-refractivity contribution is 5.94. The number of alkyl halides is 2. The number of likely N-dealkylation sites (N-methyl/N-ethyl adjacent to an activating group) is 1. The maximum Gasteiger partial charge on any atom is 0.387 e. The van der Waals surface area contributed by atoms with E-state index in [1.165, 1.54) is 23.1 Å². The topological polar surface area (TPSA) is 38.8 Å². The van der Waals surface area contributed by atoms with Gasteiger partial charge in [-0.05, 0) is 30.3 Å². The average Bonchev–Trinajstić information content (AvgIpc) is 2.54. The molecule has 0 heterocycles. The second kappa shape index (κ2) is 8.12. The van der Waals surface area contributed by atoms with Crippen molar-refractivity contribution in [2.75, 3.05) is 20.2 Å². The normalized spacial score (nSPS) is 10.4. The zero-order chi connectivity index (χ0) is 16.7. The second-order valence-electron chi connectivity index (χ2n) is 4.79. The van der Waals surface area contributed by atoms with Crippen molar-refractivity contribution in [2.45, 2.75) is 6.61 Å². The lowest BCUT2D eigenvalue weighted by Crippen LogP contribution is -2.30. The van der Waals surface area contributed by atoms with Gasteiger partial charge in [0.2, 0.25) is 0 Å². The highest BCUT2D eigenvalue weighted by atomic mass is 19.3. The Balaban J connectivity index is 1.89. The van der Waals surface area contributed by atoms with Gasteiger partial charge in [-0.3, -0.25) is 4.79 Å². The SMILES string of the molecule is CN(CCOc1ccccc1)C(=O)c1cccc(OC(F)F)c1. The molecular formula is C17H17F2NO3. The molecule has 0 aliphatic heterocycles. The van der Waals surface area contributed by atoms with Crippen LogP contribution in [-0.2, 0) is 0 Å². The Morgan fingerprint density at radius 2 is 1.78 bits per heavy atom. The summed E-state index contributed by atoms with van der Waals surface area (Å²) in [4.78, 5) is 13.7. The van der Waals surface area contributed by atoms with Crippen molar-refractivity contribution in [3.05, 3.63) is 60.2 Å². The van der Waals surface area contributed by atoms with Crippen molar-refractivity contribution in [1.82, 2.24) is 4.90 Å². The largest absolute Gasteiger partial charge is 0.492 e. The van der Waals surface area contributed by atoms with E-state index in [2.05, 4.69) is 4.74 Å². The molecule has 0 spiro atoms. The third-order valence-corrected chi connectivity index (χ3v) is 3.09. The van der Waals surface area contributed by atoms with Gasteiger partial charge in [-0.2, -0.15) is 8.78 Å². The van der Waals surface area contributed by atoms with Crippen LogP contribution in [0.25, 0.3) is 0 Å². The maximum atomic E-state index is 12.3. The first-order valence-corrected chi connectivity index (χ1v) is 7.04. The van der Waals surface area contributed by atoms with Gasteiger partial charge in [0.15, 0.2) is 0 Å². The number of nitrogens with zero attached hydrogens (tertiary/aromatic N) is 1. The van der Waals surface area contributed by atoms with Crippen LogP contribution in [-0.4, -0.2) is 37.6 Å². The van der Waals surface area contributed by atoms with Crippen LogP contribution in [0.2, 0.25) is 0 Å². The summed E-state index contributed by atoms with van der Waals surface area (Å²) in [6.07, 6.45) is 0. The summed E-state index contributed by atoms with van der Waals surface area (Å²) in [5, 5.41) is 0. The van der Waals surface area contributed by atoms with E-state index in [0.717, 1.165) is 5.75 Å². The highest BCUT2D eigenvalue weighted by Crippen LogP contribution is 2.17. The minimum atomic E-state index is -2.92. The molecule has 2 rings (SSSR count). The molecule has 0 atom stereocenters. The van der Waals surface area contributed by atoms with Gasteiger partial charge in [0, 0.05) is 12.6 Å². The number of amides is 1. The van der Waals surface area contributed by atoms with Crippen molar-refractivity contribution in [1.29, 1.82) is 0 Å². The van der Waals surface area contributed by atoms with Gasteiger partial charge in [0.25, 0.3) is 5.91 Å². The summed E-state index contributed by atoms with van der Waals surface area (Å²) in [6.45, 7) is -2.22. The van der Waals surface area contributed by atoms with Crippen LogP contribution in [0.3, 0.4) is 0 Å². The van der Waals surface area contributed by atoms with Gasteiger partial charge in [-0.1, -0.05) is 24.3 Å². The molecule has 0 radical (unpaired) electrons. The predicted octanol–water partition coefficient (Wildman–Crippen LogP) is 3.44. The van der Waals surface area contributed by atoms with Gasteiger partial charge >= 0.3 is 6.61 Å². The van der Waals surface area contributed by atoms with E-state index in [1.54, 1.807) is 13.1 Å². The summed E-state index contributed by atoms with van der Waals surface area (Å²) >= 11 is 0. The second-order valence-corrected chi connectivity index (χ2v) is 4.79. The van der Waals surface area contributed by atoms with Crippen molar-refractivity contribution in [3.8, 4) is 11.5 Å². The molecule has 0 saturated carbocycles. The zero-order valence-electron chi connectivity index (χ0n) is 12.6. The molecule has 0 aromatic heterocycles. The number of hydrogen-bond donors (Lipinski definition) is 0. The Bertz CT molecular complexity index is 635. The Morgan fingerprint density at radius 1 is 1.09 bits per heavy atom. The van der Waals surface area contributed by atoms with E-state index in [-0.39, 0.29) is 17.2 Å². The van der Waals surface area contributed by atoms with E-state index in [1.807, 2.05) is 30.3 Å². The molecule has 0 aliphatic rings. The standard InChI is InChI=1S/C17H17F2NO3/c1-20(10-11-22-14-7-3-2-4-8-14)16(21)13-6-5-9-15(12-13)23-17(18)19/h2-9,12,17H,10-11H2,1H3. The van der Waals surface area contributed by atoms with Crippen LogP contribution in [0.4, 0.5) is 8.78 Å². The lowest BCUT2D eigenvalue weighted by atomic mass is 10.2. The van der Waals surface area contributed by atoms with E-state index >= 15 is 0 Å². The van der Waals surface area contributed by atoms with Crippen LogP contribution in [0.5, 0.6) is 11.5 Å². The smallest absolute Gasteiger partial charge is 0.387 e. The summed E-state index contributed by atoms with van der Waals surface area (Å²) in [6, 6.07) is 15.0. The monoisotopic (exact) mass is 321 g/mol. The van der Waals surface area contributed by atoms with Gasteiger partial charge < -0.3 is 14.4 Å². The molecular weight excluding hydrogens is 304 g/mol. The molecule has 0 unspecified atom stereocenters. The zero-order valence-corrected chi connectivity index (χ0v) is 12.6. The molecule has 122 valence electrons. The fourth-order valence-electron chi connectivity index (χ4n) is 1.94. The van der Waals surface area contributed by atoms with Gasteiger partial charge in [-0.25, -0.2) is 0 Å². The minimum absolute atomic E-state index is 0.0419. The number of ether oxygens (including phenoxy) is 2. The fourth-order valence-corrected chi connectivity index (χ4v) is 1.94. The Kier molecular flexibility index (Phi) is 5.91. The number of carbonyl (C=O) groups excluding carboxylic acids is 1. The maximum absolute atomic E-state index is 12.3. The van der Waals surface area contributed by atoms with E-state index in [4.69, 9.17) is 4.74 Å². The highest BCUT2D eigenvalue weighted by Gasteiger charge is 2.13. The molecule has 0 aliphatic carbocycles. The molecule has 0 fully saturated rings. The molecule has 0 saturated heterocycles. The summed E-state index contributed by atoms with van der Waals surface area (Å²) in [5.41, 5.74) is 0.283. The van der Waals surface area contributed by atoms with Gasteiger partial charge in [-0.15, -0.1) is 0 Å². The quantitative estimate of drug-likeness (QED) is 0.784. The van der Waals surface area contributed by atoms with Crippen LogP contribution in [0.1, 0.15) is 10.4 Å². The molecule has 23 heavy (non-hydrogen) atoms. The lowest BCUT2D eigenvalue weighted by Gasteiger charge is -2.18. The first kappa shape index (κ1) is 16.7. The number of rotatable bonds is 7. The first-order chi connectivity index (χ1) is 11.1. The van der Waals surface area contributed by atoms with Gasteiger partial charge in [0.1, 0.15) is 18.1 Å². The van der Waals surface area contributed by atoms with Crippen LogP contribution in [0.15, 0.2) is 54.6 Å². The third kappa shape index (κ3) is 5.25. The van der Waals surface area contributed by atoms with Crippen molar-refractivity contribution in [3.63, 3.8) is 0 Å². The summed E-state index contributed by atoms with van der Waals surface area (Å²) in [7, 11) is 1.62. The van der Waals surface area contributed by atoms with Crippen molar-refractivity contribution >= 4 is 5.91 Å².